The number of carbonyl (C=O) groups is 3. The Labute approximate surface area is 211 Å². The van der Waals surface area contributed by atoms with E-state index in [1.807, 2.05) is 32.2 Å². The first-order valence-corrected chi connectivity index (χ1v) is 11.5. The number of hydrogen-bond acceptors (Lipinski definition) is 5. The molecule has 3 aromatic rings. The van der Waals surface area contributed by atoms with E-state index in [0.717, 1.165) is 16.8 Å². The molecule has 0 saturated heterocycles. The van der Waals surface area contributed by atoms with Crippen LogP contribution in [0, 0.1) is 19.3 Å². The Morgan fingerprint density at radius 2 is 1.58 bits per heavy atom. The number of pyridine rings is 1. The lowest BCUT2D eigenvalue weighted by molar-refractivity contribution is -0.125. The molecule has 192 valence electrons. The lowest BCUT2D eigenvalue weighted by Crippen LogP contribution is -2.27. The van der Waals surface area contributed by atoms with Crippen LogP contribution in [0.1, 0.15) is 79.1 Å². The third kappa shape index (κ3) is 7.24. The van der Waals surface area contributed by atoms with Gasteiger partial charge in [0.15, 0.2) is 0 Å². The third-order valence-electron chi connectivity index (χ3n) is 5.49. The van der Waals surface area contributed by atoms with E-state index in [1.165, 1.54) is 17.1 Å². The maximum Gasteiger partial charge on any atom is 0.338 e. The van der Waals surface area contributed by atoms with Crippen LogP contribution in [-0.4, -0.2) is 37.7 Å². The van der Waals surface area contributed by atoms with Gasteiger partial charge in [0, 0.05) is 23.4 Å². The van der Waals surface area contributed by atoms with E-state index < -0.39 is 5.97 Å². The number of aromatic carboxylic acids is 1. The van der Waals surface area contributed by atoms with Gasteiger partial charge in [-0.15, -0.1) is 0 Å². The normalized spacial score (nSPS) is 11.3. The van der Waals surface area contributed by atoms with Gasteiger partial charge in [-0.25, -0.2) is 9.48 Å². The van der Waals surface area contributed by atoms with Crippen LogP contribution in [0.25, 0.3) is 5.69 Å². The molecule has 0 saturated carbocycles. The lowest BCUT2D eigenvalue weighted by atomic mass is 9.88. The van der Waals surface area contributed by atoms with Crippen molar-refractivity contribution in [1.82, 2.24) is 14.8 Å². The zero-order valence-electron chi connectivity index (χ0n) is 22.1. The van der Waals surface area contributed by atoms with Crippen LogP contribution in [-0.2, 0) is 10.2 Å². The molecule has 36 heavy (non-hydrogen) atoms. The average molecular weight is 494 g/mol. The van der Waals surface area contributed by atoms with Crippen molar-refractivity contribution in [2.75, 3.05) is 5.32 Å². The number of benzene rings is 1. The first-order chi connectivity index (χ1) is 16.5. The highest BCUT2D eigenvalue weighted by molar-refractivity contribution is 6.05. The molecule has 0 unspecified atom stereocenters. The van der Waals surface area contributed by atoms with Gasteiger partial charge in [-0.1, -0.05) is 47.6 Å². The van der Waals surface area contributed by atoms with E-state index in [4.69, 9.17) is 10.8 Å². The second-order valence-electron chi connectivity index (χ2n) is 10.7. The third-order valence-corrected chi connectivity index (χ3v) is 5.49. The molecule has 0 aliphatic heterocycles. The van der Waals surface area contributed by atoms with Crippen LogP contribution in [0.4, 0.5) is 5.69 Å². The predicted molar refractivity (Wildman–Crippen MR) is 140 cm³/mol. The van der Waals surface area contributed by atoms with E-state index in [-0.39, 0.29) is 28.2 Å². The van der Waals surface area contributed by atoms with Crippen molar-refractivity contribution in [2.24, 2.45) is 11.1 Å². The number of nitrogens with one attached hydrogen (secondary N) is 1. The van der Waals surface area contributed by atoms with Crippen LogP contribution >= 0.6 is 0 Å². The minimum atomic E-state index is -1.05. The van der Waals surface area contributed by atoms with Crippen LogP contribution < -0.4 is 11.1 Å². The summed E-state index contributed by atoms with van der Waals surface area (Å²) in [5, 5.41) is 16.1. The van der Waals surface area contributed by atoms with Gasteiger partial charge in [0.1, 0.15) is 0 Å². The minimum absolute atomic E-state index is 0.0833. The van der Waals surface area contributed by atoms with Gasteiger partial charge in [-0.05, 0) is 48.6 Å². The van der Waals surface area contributed by atoms with E-state index in [9.17, 15) is 14.4 Å². The summed E-state index contributed by atoms with van der Waals surface area (Å²) in [7, 11) is 0. The number of carboxylic acid groups (broad SMARTS) is 1. The summed E-state index contributed by atoms with van der Waals surface area (Å²) < 4.78 is 1.46. The smallest absolute Gasteiger partial charge is 0.338 e. The number of amides is 2. The number of primary amides is 1. The molecule has 0 aliphatic carbocycles. The van der Waals surface area contributed by atoms with E-state index >= 15 is 0 Å². The minimum Gasteiger partial charge on any atom is -0.478 e. The van der Waals surface area contributed by atoms with Gasteiger partial charge < -0.3 is 16.2 Å². The summed E-state index contributed by atoms with van der Waals surface area (Å²) in [4.78, 5) is 38.6. The van der Waals surface area contributed by atoms with Gasteiger partial charge >= 0.3 is 5.97 Å². The second-order valence-corrected chi connectivity index (χ2v) is 10.7. The molecule has 0 bridgehead atoms. The van der Waals surface area contributed by atoms with Crippen LogP contribution in [0.15, 0.2) is 42.9 Å². The van der Waals surface area contributed by atoms with E-state index in [1.54, 1.807) is 32.9 Å². The lowest BCUT2D eigenvalue weighted by Gasteiger charge is -2.20. The Balaban J connectivity index is 0.000000572. The average Bonchev–Trinajstić information content (AvgIpc) is 3.25. The predicted octanol–water partition coefficient (Wildman–Crippen LogP) is 4.65. The van der Waals surface area contributed by atoms with Crippen molar-refractivity contribution in [3.05, 3.63) is 70.8 Å². The number of anilines is 1. The zero-order valence-corrected chi connectivity index (χ0v) is 22.1. The summed E-state index contributed by atoms with van der Waals surface area (Å²) in [6.45, 7) is 15.4. The molecule has 0 aliphatic rings. The first-order valence-electron chi connectivity index (χ1n) is 11.5. The molecule has 9 heteroatoms. The number of nitrogens with zero attached hydrogens (tertiary/aromatic N) is 3. The monoisotopic (exact) mass is 493 g/mol. The molecule has 2 amide bonds. The number of aryl methyl sites for hydroxylation is 2. The molecule has 0 fully saturated rings. The molecule has 0 radical (unpaired) electrons. The summed E-state index contributed by atoms with van der Waals surface area (Å²) in [5.41, 5.74) is 8.95. The Bertz CT molecular complexity index is 1280. The highest BCUT2D eigenvalue weighted by Crippen LogP contribution is 2.26. The number of carbonyl (C=O) groups excluding carboxylic acids is 2. The van der Waals surface area contributed by atoms with E-state index in [2.05, 4.69) is 36.2 Å². The SMILES string of the molecule is CC(C)(C)C(N)=O.Cc1ccc(C(=O)Nc2cc(C(C)(C)C)cnc2C)cc1-n1cc(C(=O)O)cn1. The molecule has 9 nitrogen and oxygen atoms in total. The molecular formula is C27H35N5O4. The molecule has 2 aromatic heterocycles. The Hall–Kier alpha value is -4.01. The first kappa shape index (κ1) is 28.2. The Morgan fingerprint density at radius 1 is 0.972 bits per heavy atom. The fourth-order valence-electron chi connectivity index (χ4n) is 2.83. The van der Waals surface area contributed by atoms with Crippen LogP contribution in [0.5, 0.6) is 0 Å². The van der Waals surface area contributed by atoms with Gasteiger partial charge in [-0.2, -0.15) is 5.10 Å². The van der Waals surface area contributed by atoms with Gasteiger partial charge in [0.25, 0.3) is 5.91 Å². The van der Waals surface area contributed by atoms with Crippen molar-refractivity contribution < 1.29 is 19.5 Å². The summed E-state index contributed by atoms with van der Waals surface area (Å²) >= 11 is 0. The number of rotatable bonds is 4. The quantitative estimate of drug-likeness (QED) is 0.483. The van der Waals surface area contributed by atoms with Crippen LogP contribution in [0.3, 0.4) is 0 Å². The Morgan fingerprint density at radius 3 is 2.08 bits per heavy atom. The summed E-state index contributed by atoms with van der Waals surface area (Å²) in [6, 6.07) is 7.18. The van der Waals surface area contributed by atoms with Crippen molar-refractivity contribution in [3.63, 3.8) is 0 Å². The Kier molecular flexibility index (Phi) is 8.41. The summed E-state index contributed by atoms with van der Waals surface area (Å²) in [6.07, 6.45) is 4.53. The van der Waals surface area contributed by atoms with E-state index in [0.29, 0.717) is 16.9 Å². The number of aromatic nitrogens is 3. The van der Waals surface area contributed by atoms with Gasteiger partial charge in [0.05, 0.1) is 28.8 Å². The largest absolute Gasteiger partial charge is 0.478 e. The maximum atomic E-state index is 12.9. The van der Waals surface area contributed by atoms with Crippen molar-refractivity contribution in [3.8, 4) is 5.69 Å². The fraction of sp³-hybridized carbons (Fsp3) is 0.370. The molecule has 0 spiro atoms. The van der Waals surface area contributed by atoms with Crippen molar-refractivity contribution in [2.45, 2.75) is 60.8 Å². The number of nitrogens with two attached hydrogens (primary N) is 1. The van der Waals surface area contributed by atoms with Crippen molar-refractivity contribution >= 4 is 23.5 Å². The molecule has 2 heterocycles. The standard InChI is InChI=1S/C22H24N4O3.C5H11NO/c1-13-6-7-15(8-19(13)26-12-16(10-24-26)21(28)29)20(27)25-18-9-17(22(3,4)5)11-23-14(18)2;1-5(2,3)4(6)7/h6-12H,1-5H3,(H,25,27)(H,28,29);1-3H3,(H2,6,7). The highest BCUT2D eigenvalue weighted by atomic mass is 16.4. The van der Waals surface area contributed by atoms with Gasteiger partial charge in [0.2, 0.25) is 5.91 Å². The van der Waals surface area contributed by atoms with Gasteiger partial charge in [-0.3, -0.25) is 14.6 Å². The fourth-order valence-corrected chi connectivity index (χ4v) is 2.83. The van der Waals surface area contributed by atoms with Crippen LogP contribution in [0.2, 0.25) is 0 Å². The molecule has 0 atom stereocenters. The zero-order chi connectivity index (χ0) is 27.4. The molecule has 1 aromatic carbocycles. The topological polar surface area (TPSA) is 140 Å². The highest BCUT2D eigenvalue weighted by Gasteiger charge is 2.18. The van der Waals surface area contributed by atoms with Crippen molar-refractivity contribution in [1.29, 1.82) is 0 Å². The number of carboxylic acids is 1. The molecular weight excluding hydrogens is 458 g/mol. The summed E-state index contributed by atoms with van der Waals surface area (Å²) in [5.74, 6) is -1.58. The second kappa shape index (κ2) is 10.7. The molecule has 4 N–H and O–H groups in total. The maximum absolute atomic E-state index is 12.9. The number of hydrogen-bond donors (Lipinski definition) is 3. The molecule has 3 rings (SSSR count).